The summed E-state index contributed by atoms with van der Waals surface area (Å²) < 4.78 is 1.68. The molecule has 2 aromatic heterocycles. The number of fused-ring (bicyclic) bond motifs is 1. The third-order valence-corrected chi connectivity index (χ3v) is 5.45. The van der Waals surface area contributed by atoms with Crippen LogP contribution in [0.15, 0.2) is 36.4 Å². The van der Waals surface area contributed by atoms with E-state index in [0.29, 0.717) is 23.4 Å². The van der Waals surface area contributed by atoms with Gasteiger partial charge in [-0.2, -0.15) is 5.10 Å². The molecule has 1 fully saturated rings. The zero-order valence-corrected chi connectivity index (χ0v) is 21.1. The van der Waals surface area contributed by atoms with E-state index in [-0.39, 0.29) is 13.0 Å². The lowest BCUT2D eigenvalue weighted by Crippen LogP contribution is -2.38. The van der Waals surface area contributed by atoms with Gasteiger partial charge >= 0.3 is 0 Å². The number of carbonyl (C=O) groups excluding carboxylic acids is 3. The highest BCUT2D eigenvalue weighted by Crippen LogP contribution is 2.22. The number of aryl methyl sites for hydroxylation is 1. The van der Waals surface area contributed by atoms with E-state index in [1.54, 1.807) is 17.8 Å². The van der Waals surface area contributed by atoms with Crippen LogP contribution in [-0.2, 0) is 20.9 Å². The number of rotatable bonds is 6. The van der Waals surface area contributed by atoms with Crippen molar-refractivity contribution in [1.82, 2.24) is 19.7 Å². The van der Waals surface area contributed by atoms with Crippen molar-refractivity contribution in [2.75, 3.05) is 31.7 Å². The van der Waals surface area contributed by atoms with Gasteiger partial charge < -0.3 is 26.4 Å². The van der Waals surface area contributed by atoms with Gasteiger partial charge in [0.1, 0.15) is 23.5 Å². The van der Waals surface area contributed by atoms with Crippen LogP contribution in [0.25, 0.3) is 10.9 Å². The molecule has 2 heterocycles. The Balaban J connectivity index is 0.000000257. The number of nitrogens with zero attached hydrogens (tertiary/aromatic N) is 4. The fraction of sp³-hybridized carbons (Fsp3) is 0.375. The van der Waals surface area contributed by atoms with Crippen molar-refractivity contribution >= 4 is 53.0 Å². The fourth-order valence-corrected chi connectivity index (χ4v) is 3.37. The molecule has 1 aliphatic carbocycles. The van der Waals surface area contributed by atoms with Crippen molar-refractivity contribution in [3.05, 3.63) is 47.2 Å². The molecule has 0 aliphatic heterocycles. The monoisotopic (exact) mass is 503 g/mol. The number of benzene rings is 1. The Morgan fingerprint density at radius 1 is 1.20 bits per heavy atom. The molecule has 190 valence electrons. The quantitative estimate of drug-likeness (QED) is 0.264. The van der Waals surface area contributed by atoms with Gasteiger partial charge in [-0.1, -0.05) is 24.1 Å². The molecule has 0 atom stereocenters. The minimum absolute atomic E-state index is 0.250. The Hall–Kier alpha value is -3.50. The van der Waals surface area contributed by atoms with Gasteiger partial charge in [0.2, 0.25) is 6.41 Å². The number of anilines is 2. The van der Waals surface area contributed by atoms with E-state index < -0.39 is 0 Å². The summed E-state index contributed by atoms with van der Waals surface area (Å²) in [5, 5.41) is 8.64. The maximum atomic E-state index is 10.4. The number of nitrogens with one attached hydrogen (secondary N) is 1. The van der Waals surface area contributed by atoms with Crippen LogP contribution >= 0.6 is 11.6 Å². The molecule has 0 spiro atoms. The summed E-state index contributed by atoms with van der Waals surface area (Å²) in [6, 6.07) is 11.7. The molecule has 0 bridgehead atoms. The van der Waals surface area contributed by atoms with Crippen molar-refractivity contribution in [1.29, 1.82) is 0 Å². The molecule has 10 nitrogen and oxygen atoms in total. The van der Waals surface area contributed by atoms with Crippen molar-refractivity contribution in [2.45, 2.75) is 38.8 Å². The first-order chi connectivity index (χ1) is 16.8. The third kappa shape index (κ3) is 10.1. The predicted molar refractivity (Wildman–Crippen MR) is 140 cm³/mol. The van der Waals surface area contributed by atoms with Crippen LogP contribution in [0.2, 0.25) is 5.15 Å². The number of carbonyl (C=O) groups is 3. The number of primary amides is 1. The number of hydrogen-bond donors (Lipinski definition) is 3. The molecule has 1 aliphatic rings. The number of aromatic nitrogens is 3. The van der Waals surface area contributed by atoms with E-state index in [0.717, 1.165) is 35.0 Å². The van der Waals surface area contributed by atoms with Crippen LogP contribution in [-0.4, -0.2) is 65.3 Å². The zero-order chi connectivity index (χ0) is 26.2. The topological polar surface area (TPSA) is 149 Å². The zero-order valence-electron chi connectivity index (χ0n) is 20.4. The van der Waals surface area contributed by atoms with Gasteiger partial charge in [0.15, 0.2) is 0 Å². The SMILES string of the molecule is CN(CC=O)C1CCC1.CNc1cccc(Cl)n1.Cc1nn(CC=O)c2ccc(N)cc12.NC=O. The Kier molecular flexibility index (Phi) is 13.7. The minimum Gasteiger partial charge on any atom is -0.399 e. The van der Waals surface area contributed by atoms with E-state index in [4.69, 9.17) is 22.1 Å². The number of hydrogen-bond acceptors (Lipinski definition) is 8. The molecule has 3 aromatic rings. The number of nitrogens with two attached hydrogens (primary N) is 2. The van der Waals surface area contributed by atoms with Crippen molar-refractivity contribution in [2.24, 2.45) is 5.73 Å². The molecule has 11 heteroatoms. The highest BCUT2D eigenvalue weighted by molar-refractivity contribution is 6.29. The Morgan fingerprint density at radius 3 is 2.37 bits per heavy atom. The smallest absolute Gasteiger partial charge is 0.204 e. The second kappa shape index (κ2) is 16.2. The molecule has 4 rings (SSSR count). The molecular formula is C24H34ClN7O3. The second-order valence-corrected chi connectivity index (χ2v) is 8.02. The van der Waals surface area contributed by atoms with Gasteiger partial charge in [0.05, 0.1) is 24.3 Å². The van der Waals surface area contributed by atoms with Crippen LogP contribution in [0, 0.1) is 6.92 Å². The van der Waals surface area contributed by atoms with Crippen molar-refractivity contribution in [3.8, 4) is 0 Å². The lowest BCUT2D eigenvalue weighted by molar-refractivity contribution is -0.109. The minimum atomic E-state index is 0.250. The maximum Gasteiger partial charge on any atom is 0.204 e. The lowest BCUT2D eigenvalue weighted by Gasteiger charge is -2.33. The van der Waals surface area contributed by atoms with Gasteiger partial charge in [-0.15, -0.1) is 0 Å². The molecule has 1 amide bonds. The Morgan fingerprint density at radius 2 is 1.89 bits per heavy atom. The first kappa shape index (κ1) is 29.5. The summed E-state index contributed by atoms with van der Waals surface area (Å²) in [5.74, 6) is 0.794. The standard InChI is InChI=1S/C10H11N3O.C7H13NO.C6H7ClN2.CH3NO/c1-7-9-6-8(11)2-3-10(9)13(12-7)4-5-14;1-8(5-6-9)7-3-2-4-7;1-8-6-4-2-3-5(7)9-6;2-1-3/h2-3,5-6H,4,11H2,1H3;6-7H,2-5H2,1H3;2-4H,1H3,(H,8,9);1H,(H2,2,3). The summed E-state index contributed by atoms with van der Waals surface area (Å²) >= 11 is 5.57. The summed E-state index contributed by atoms with van der Waals surface area (Å²) in [5.41, 5.74) is 12.4. The van der Waals surface area contributed by atoms with Gasteiger partial charge in [-0.3, -0.25) is 14.4 Å². The fourth-order valence-electron chi connectivity index (χ4n) is 3.21. The first-order valence-electron chi connectivity index (χ1n) is 11.1. The summed E-state index contributed by atoms with van der Waals surface area (Å²) in [6.45, 7) is 2.79. The van der Waals surface area contributed by atoms with Crippen LogP contribution in [0.3, 0.4) is 0 Å². The molecule has 5 N–H and O–H groups in total. The van der Waals surface area contributed by atoms with E-state index in [2.05, 4.69) is 26.0 Å². The Labute approximate surface area is 210 Å². The highest BCUT2D eigenvalue weighted by atomic mass is 35.5. The average molecular weight is 504 g/mol. The van der Waals surface area contributed by atoms with Crippen molar-refractivity contribution < 1.29 is 14.4 Å². The number of halogens is 1. The second-order valence-electron chi connectivity index (χ2n) is 7.63. The molecule has 1 saturated carbocycles. The van der Waals surface area contributed by atoms with Crippen LogP contribution < -0.4 is 16.8 Å². The number of nitrogen functional groups attached to an aromatic ring is 1. The van der Waals surface area contributed by atoms with Gasteiger partial charge in [-0.25, -0.2) is 4.98 Å². The number of pyridine rings is 1. The van der Waals surface area contributed by atoms with Gasteiger partial charge in [0, 0.05) is 24.2 Å². The van der Waals surface area contributed by atoms with E-state index in [1.807, 2.05) is 44.3 Å². The first-order valence-corrected chi connectivity index (χ1v) is 11.4. The number of amides is 1. The van der Waals surface area contributed by atoms with Crippen molar-refractivity contribution in [3.63, 3.8) is 0 Å². The van der Waals surface area contributed by atoms with E-state index in [9.17, 15) is 9.59 Å². The summed E-state index contributed by atoms with van der Waals surface area (Å²) in [4.78, 5) is 35.1. The number of aldehydes is 2. The predicted octanol–water partition coefficient (Wildman–Crippen LogP) is 2.67. The van der Waals surface area contributed by atoms with Crippen LogP contribution in [0.4, 0.5) is 11.5 Å². The number of likely N-dealkylation sites (N-methyl/N-ethyl adjacent to an activating group) is 1. The molecule has 1 aromatic carbocycles. The maximum absolute atomic E-state index is 10.4. The van der Waals surface area contributed by atoms with E-state index in [1.165, 1.54) is 19.3 Å². The average Bonchev–Trinajstić information content (AvgIpc) is 3.09. The summed E-state index contributed by atoms with van der Waals surface area (Å²) in [6.07, 6.45) is 5.96. The molecule has 0 radical (unpaired) electrons. The molecular weight excluding hydrogens is 470 g/mol. The van der Waals surface area contributed by atoms with Gasteiger partial charge in [0.25, 0.3) is 0 Å². The lowest BCUT2D eigenvalue weighted by atomic mass is 9.92. The molecule has 0 unspecified atom stereocenters. The molecule has 35 heavy (non-hydrogen) atoms. The molecule has 0 saturated heterocycles. The normalized spacial score (nSPS) is 12.0. The van der Waals surface area contributed by atoms with E-state index >= 15 is 0 Å². The largest absolute Gasteiger partial charge is 0.399 e. The third-order valence-electron chi connectivity index (χ3n) is 5.24. The highest BCUT2D eigenvalue weighted by Gasteiger charge is 2.20. The Bertz CT molecular complexity index is 1070. The van der Waals surface area contributed by atoms with Gasteiger partial charge in [-0.05, 0) is 57.1 Å². The summed E-state index contributed by atoms with van der Waals surface area (Å²) in [7, 11) is 3.82. The van der Waals surface area contributed by atoms with Crippen LogP contribution in [0.1, 0.15) is 25.0 Å². The van der Waals surface area contributed by atoms with Crippen LogP contribution in [0.5, 0.6) is 0 Å².